The van der Waals surface area contributed by atoms with Crippen LogP contribution in [0, 0.1) is 0 Å². The lowest BCUT2D eigenvalue weighted by atomic mass is 10.4. The van der Waals surface area contributed by atoms with Gasteiger partial charge in [0.15, 0.2) is 5.03 Å². The van der Waals surface area contributed by atoms with Crippen molar-refractivity contribution >= 4 is 15.7 Å². The van der Waals surface area contributed by atoms with Gasteiger partial charge in [-0.05, 0) is 6.07 Å². The molecule has 0 spiro atoms. The monoisotopic (exact) mass is 254 g/mol. The van der Waals surface area contributed by atoms with E-state index in [0.29, 0.717) is 5.69 Å². The Hall–Kier alpha value is -2.09. The molecule has 0 saturated carbocycles. The number of pyridine rings is 1. The van der Waals surface area contributed by atoms with E-state index >= 15 is 0 Å². The number of hydrogen-bond donors (Lipinski definition) is 2. The first-order chi connectivity index (χ1) is 7.99. The maximum atomic E-state index is 11.8. The number of rotatable bonds is 3. The van der Waals surface area contributed by atoms with Crippen LogP contribution in [0.4, 0.5) is 5.69 Å². The molecule has 8 heteroatoms. The van der Waals surface area contributed by atoms with Crippen molar-refractivity contribution in [3.8, 4) is 0 Å². The zero-order chi connectivity index (χ0) is 12.5. The molecule has 0 aliphatic heterocycles. The molecular formula is C9H10N4O3S. The van der Waals surface area contributed by atoms with Gasteiger partial charge in [0.1, 0.15) is 0 Å². The lowest BCUT2D eigenvalue weighted by Crippen LogP contribution is -2.18. The van der Waals surface area contributed by atoms with Crippen molar-refractivity contribution in [3.63, 3.8) is 0 Å². The van der Waals surface area contributed by atoms with Gasteiger partial charge in [-0.15, -0.1) is 0 Å². The highest BCUT2D eigenvalue weighted by Gasteiger charge is 2.15. The molecule has 0 aromatic carbocycles. The highest BCUT2D eigenvalue weighted by atomic mass is 32.2. The second-order valence-electron chi connectivity index (χ2n) is 3.39. The van der Waals surface area contributed by atoms with Crippen LogP contribution in [0.3, 0.4) is 0 Å². The molecule has 2 rings (SSSR count). The number of nitrogens with one attached hydrogen (secondary N) is 2. The van der Waals surface area contributed by atoms with Crippen LogP contribution in [-0.2, 0) is 17.1 Å². The van der Waals surface area contributed by atoms with E-state index in [1.807, 2.05) is 0 Å². The van der Waals surface area contributed by atoms with Crippen LogP contribution in [0.15, 0.2) is 40.7 Å². The molecule has 0 bridgehead atoms. The average molecular weight is 254 g/mol. The fourth-order valence-corrected chi connectivity index (χ4v) is 2.20. The van der Waals surface area contributed by atoms with Gasteiger partial charge in [0, 0.05) is 19.3 Å². The molecule has 0 radical (unpaired) electrons. The normalized spacial score (nSPS) is 11.4. The summed E-state index contributed by atoms with van der Waals surface area (Å²) < 4.78 is 27.2. The summed E-state index contributed by atoms with van der Waals surface area (Å²) in [5, 5.41) is -0.0358. The summed E-state index contributed by atoms with van der Waals surface area (Å²) in [4.78, 5) is 17.3. The van der Waals surface area contributed by atoms with Crippen molar-refractivity contribution in [3.05, 3.63) is 41.2 Å². The molecule has 0 aliphatic rings. The molecule has 7 nitrogen and oxygen atoms in total. The SMILES string of the molecule is Cn1cc(NS(=O)(=O)c2cnc[nH]2)ccc1=O. The predicted octanol–water partition coefficient (Wildman–Crippen LogP) is -0.0908. The molecule has 90 valence electrons. The largest absolute Gasteiger partial charge is 0.334 e. The van der Waals surface area contributed by atoms with E-state index in [1.54, 1.807) is 0 Å². The molecule has 0 aliphatic carbocycles. The molecule has 0 amide bonds. The van der Waals surface area contributed by atoms with Crippen LogP contribution in [0.1, 0.15) is 0 Å². The van der Waals surface area contributed by atoms with Gasteiger partial charge < -0.3 is 9.55 Å². The second kappa shape index (κ2) is 4.06. The van der Waals surface area contributed by atoms with Gasteiger partial charge in [-0.2, -0.15) is 8.42 Å². The van der Waals surface area contributed by atoms with E-state index in [2.05, 4.69) is 14.7 Å². The average Bonchev–Trinajstić information content (AvgIpc) is 2.77. The van der Waals surface area contributed by atoms with Crippen molar-refractivity contribution in [2.45, 2.75) is 5.03 Å². The third-order valence-electron chi connectivity index (χ3n) is 2.10. The standard InChI is InChI=1S/C9H10N4O3S/c1-13-5-7(2-3-9(13)14)12-17(15,16)8-4-10-6-11-8/h2-6,12H,1H3,(H,10,11). The highest BCUT2D eigenvalue weighted by Crippen LogP contribution is 2.11. The summed E-state index contributed by atoms with van der Waals surface area (Å²) >= 11 is 0. The van der Waals surface area contributed by atoms with Crippen LogP contribution in [0.25, 0.3) is 0 Å². The molecule has 17 heavy (non-hydrogen) atoms. The van der Waals surface area contributed by atoms with Gasteiger partial charge >= 0.3 is 0 Å². The summed E-state index contributed by atoms with van der Waals surface area (Å²) in [7, 11) is -2.15. The number of H-pyrrole nitrogens is 1. The summed E-state index contributed by atoms with van der Waals surface area (Å²) in [5.74, 6) is 0. The maximum Gasteiger partial charge on any atom is 0.279 e. The molecule has 0 atom stereocenters. The number of sulfonamides is 1. The molecule has 2 N–H and O–H groups in total. The van der Waals surface area contributed by atoms with E-state index in [1.165, 1.54) is 42.5 Å². The maximum absolute atomic E-state index is 11.8. The van der Waals surface area contributed by atoms with Gasteiger partial charge in [-0.3, -0.25) is 9.52 Å². The first kappa shape index (κ1) is 11.4. The minimum absolute atomic E-state index is 0.0358. The Balaban J connectivity index is 2.33. The smallest absolute Gasteiger partial charge is 0.279 e. The minimum atomic E-state index is -3.68. The van der Waals surface area contributed by atoms with E-state index in [4.69, 9.17) is 0 Å². The van der Waals surface area contributed by atoms with Crippen molar-refractivity contribution < 1.29 is 8.42 Å². The molecular weight excluding hydrogens is 244 g/mol. The molecule has 2 aromatic heterocycles. The summed E-state index contributed by atoms with van der Waals surface area (Å²) in [6, 6.07) is 2.68. The topological polar surface area (TPSA) is 96.8 Å². The Morgan fingerprint density at radius 1 is 1.41 bits per heavy atom. The van der Waals surface area contributed by atoms with Gasteiger partial charge in [-0.1, -0.05) is 0 Å². The zero-order valence-corrected chi connectivity index (χ0v) is 9.73. The third-order valence-corrected chi connectivity index (χ3v) is 3.41. The Kier molecular flexibility index (Phi) is 2.72. The van der Waals surface area contributed by atoms with E-state index in [9.17, 15) is 13.2 Å². The summed E-state index contributed by atoms with van der Waals surface area (Å²) in [5.41, 5.74) is 0.0937. The highest BCUT2D eigenvalue weighted by molar-refractivity contribution is 7.92. The van der Waals surface area contributed by atoms with Crippen molar-refractivity contribution in [1.82, 2.24) is 14.5 Å². The van der Waals surface area contributed by atoms with Crippen LogP contribution in [0.5, 0.6) is 0 Å². The van der Waals surface area contributed by atoms with Crippen LogP contribution < -0.4 is 10.3 Å². The number of aromatic nitrogens is 3. The van der Waals surface area contributed by atoms with Gasteiger partial charge in [-0.25, -0.2) is 4.98 Å². The third kappa shape index (κ3) is 2.36. The molecule has 2 aromatic rings. The van der Waals surface area contributed by atoms with E-state index in [0.717, 1.165) is 0 Å². The Bertz CT molecular complexity index is 673. The molecule has 0 unspecified atom stereocenters. The van der Waals surface area contributed by atoms with Gasteiger partial charge in [0.25, 0.3) is 10.0 Å². The van der Waals surface area contributed by atoms with Crippen LogP contribution >= 0.6 is 0 Å². The fourth-order valence-electron chi connectivity index (χ4n) is 1.25. The van der Waals surface area contributed by atoms with E-state index < -0.39 is 10.0 Å². The summed E-state index contributed by atoms with van der Waals surface area (Å²) in [6.45, 7) is 0. The number of anilines is 1. The Morgan fingerprint density at radius 3 is 2.76 bits per heavy atom. The predicted molar refractivity (Wildman–Crippen MR) is 61.1 cm³/mol. The number of imidazole rings is 1. The van der Waals surface area contributed by atoms with Crippen molar-refractivity contribution in [2.75, 3.05) is 4.72 Å². The van der Waals surface area contributed by atoms with Crippen molar-refractivity contribution in [1.29, 1.82) is 0 Å². The van der Waals surface area contributed by atoms with Gasteiger partial charge in [0.2, 0.25) is 5.56 Å². The fraction of sp³-hybridized carbons (Fsp3) is 0.111. The molecule has 2 heterocycles. The summed E-state index contributed by atoms with van der Waals surface area (Å²) in [6.07, 6.45) is 3.87. The lowest BCUT2D eigenvalue weighted by molar-refractivity contribution is 0.598. The minimum Gasteiger partial charge on any atom is -0.334 e. The van der Waals surface area contributed by atoms with Crippen LogP contribution in [0.2, 0.25) is 0 Å². The second-order valence-corrected chi connectivity index (χ2v) is 5.04. The number of aryl methyl sites for hydroxylation is 1. The number of nitrogens with zero attached hydrogens (tertiary/aromatic N) is 2. The Morgan fingerprint density at radius 2 is 2.18 bits per heavy atom. The first-order valence-electron chi connectivity index (χ1n) is 4.67. The van der Waals surface area contributed by atoms with Crippen molar-refractivity contribution in [2.24, 2.45) is 7.05 Å². The lowest BCUT2D eigenvalue weighted by Gasteiger charge is -2.06. The molecule has 0 fully saturated rings. The van der Waals surface area contributed by atoms with Gasteiger partial charge in [0.05, 0.1) is 18.2 Å². The Labute approximate surface area is 97.2 Å². The van der Waals surface area contributed by atoms with E-state index in [-0.39, 0.29) is 10.6 Å². The van der Waals surface area contributed by atoms with Crippen LogP contribution in [-0.4, -0.2) is 23.0 Å². The zero-order valence-electron chi connectivity index (χ0n) is 8.91. The first-order valence-corrected chi connectivity index (χ1v) is 6.15. The number of aromatic amines is 1. The number of hydrogen-bond acceptors (Lipinski definition) is 4. The molecule has 0 saturated heterocycles. The quantitative estimate of drug-likeness (QED) is 0.799.